The van der Waals surface area contributed by atoms with Crippen LogP contribution >= 0.6 is 0 Å². The zero-order valence-corrected chi connectivity index (χ0v) is 11.6. The summed E-state index contributed by atoms with van der Waals surface area (Å²) in [5, 5.41) is 20.8. The molecule has 1 aromatic rings. The summed E-state index contributed by atoms with van der Waals surface area (Å²) < 4.78 is 1.84. The standard InChI is InChI=1S/C13H22N4O2/c1-14-12-16-15-10(17(12)2)9-13(11(18)19)7-5-3-4-6-8-13/h3-9H2,1-2H3,(H,14,16)(H,18,19). The van der Waals surface area contributed by atoms with E-state index in [-0.39, 0.29) is 0 Å². The summed E-state index contributed by atoms with van der Waals surface area (Å²) in [4.78, 5) is 11.7. The number of nitrogens with zero attached hydrogens (tertiary/aromatic N) is 3. The Labute approximate surface area is 113 Å². The smallest absolute Gasteiger partial charge is 0.310 e. The highest BCUT2D eigenvalue weighted by Gasteiger charge is 2.40. The van der Waals surface area contributed by atoms with E-state index in [0.717, 1.165) is 44.3 Å². The molecule has 0 bridgehead atoms. The summed E-state index contributed by atoms with van der Waals surface area (Å²) in [5.74, 6) is 0.723. The van der Waals surface area contributed by atoms with Gasteiger partial charge in [0.2, 0.25) is 5.95 Å². The van der Waals surface area contributed by atoms with Gasteiger partial charge in [-0.25, -0.2) is 0 Å². The van der Waals surface area contributed by atoms with E-state index >= 15 is 0 Å². The van der Waals surface area contributed by atoms with Gasteiger partial charge >= 0.3 is 5.97 Å². The average molecular weight is 266 g/mol. The Bertz CT molecular complexity index is 447. The van der Waals surface area contributed by atoms with Crippen LogP contribution in [0.15, 0.2) is 0 Å². The lowest BCUT2D eigenvalue weighted by Crippen LogP contribution is -2.34. The number of carboxylic acid groups (broad SMARTS) is 1. The summed E-state index contributed by atoms with van der Waals surface area (Å²) in [7, 11) is 3.65. The van der Waals surface area contributed by atoms with Gasteiger partial charge in [0.15, 0.2) is 0 Å². The van der Waals surface area contributed by atoms with Crippen LogP contribution in [0.4, 0.5) is 5.95 Å². The molecule has 0 saturated heterocycles. The molecule has 1 fully saturated rings. The molecule has 6 heteroatoms. The van der Waals surface area contributed by atoms with E-state index in [1.54, 1.807) is 7.05 Å². The Morgan fingerprint density at radius 3 is 2.42 bits per heavy atom. The predicted molar refractivity (Wildman–Crippen MR) is 72.0 cm³/mol. The number of carbonyl (C=O) groups is 1. The number of carboxylic acids is 1. The van der Waals surface area contributed by atoms with Crippen LogP contribution in [0, 0.1) is 5.41 Å². The van der Waals surface area contributed by atoms with Crippen molar-refractivity contribution in [1.29, 1.82) is 0 Å². The Balaban J connectivity index is 2.24. The van der Waals surface area contributed by atoms with Gasteiger partial charge in [-0.05, 0) is 12.8 Å². The predicted octanol–water partition coefficient (Wildman–Crippen LogP) is 1.82. The maximum absolute atomic E-state index is 11.7. The molecule has 19 heavy (non-hydrogen) atoms. The van der Waals surface area contributed by atoms with Crippen LogP contribution in [0.25, 0.3) is 0 Å². The molecule has 1 aromatic heterocycles. The highest BCUT2D eigenvalue weighted by Crippen LogP contribution is 2.38. The van der Waals surface area contributed by atoms with Gasteiger partial charge in [0.1, 0.15) is 5.82 Å². The molecule has 0 aromatic carbocycles. The van der Waals surface area contributed by atoms with Crippen molar-refractivity contribution in [2.24, 2.45) is 12.5 Å². The van der Waals surface area contributed by atoms with E-state index in [0.29, 0.717) is 12.4 Å². The Kier molecular flexibility index (Phi) is 4.07. The number of hydrogen-bond donors (Lipinski definition) is 2. The van der Waals surface area contributed by atoms with Gasteiger partial charge in [0.25, 0.3) is 0 Å². The first-order valence-corrected chi connectivity index (χ1v) is 6.88. The third-order valence-electron chi connectivity index (χ3n) is 4.20. The van der Waals surface area contributed by atoms with Crippen LogP contribution in [0.2, 0.25) is 0 Å². The molecule has 0 unspecified atom stereocenters. The lowest BCUT2D eigenvalue weighted by molar-refractivity contribution is -0.150. The summed E-state index contributed by atoms with van der Waals surface area (Å²) in [6.45, 7) is 0. The maximum atomic E-state index is 11.7. The number of aliphatic carboxylic acids is 1. The lowest BCUT2D eigenvalue weighted by atomic mass is 9.77. The number of anilines is 1. The zero-order chi connectivity index (χ0) is 13.9. The van der Waals surface area contributed by atoms with Gasteiger partial charge in [-0.3, -0.25) is 4.79 Å². The van der Waals surface area contributed by atoms with Gasteiger partial charge in [-0.15, -0.1) is 10.2 Å². The van der Waals surface area contributed by atoms with Crippen molar-refractivity contribution in [3.05, 3.63) is 5.82 Å². The fraction of sp³-hybridized carbons (Fsp3) is 0.769. The molecule has 0 atom stereocenters. The largest absolute Gasteiger partial charge is 0.481 e. The molecule has 0 aliphatic heterocycles. The summed E-state index contributed by atoms with van der Waals surface area (Å²) in [5.41, 5.74) is -0.664. The monoisotopic (exact) mass is 266 g/mol. The van der Waals surface area contributed by atoms with Gasteiger partial charge in [0.05, 0.1) is 5.41 Å². The van der Waals surface area contributed by atoms with Crippen LogP contribution in [0.5, 0.6) is 0 Å². The number of rotatable bonds is 4. The van der Waals surface area contributed by atoms with Crippen LogP contribution < -0.4 is 5.32 Å². The molecular weight excluding hydrogens is 244 g/mol. The van der Waals surface area contributed by atoms with E-state index in [4.69, 9.17) is 0 Å². The third-order valence-corrected chi connectivity index (χ3v) is 4.20. The minimum absolute atomic E-state index is 0.466. The number of aromatic nitrogens is 3. The fourth-order valence-corrected chi connectivity index (χ4v) is 2.91. The molecule has 1 saturated carbocycles. The van der Waals surface area contributed by atoms with Crippen LogP contribution in [0.1, 0.15) is 44.3 Å². The molecule has 1 aliphatic rings. The first kappa shape index (κ1) is 13.8. The van der Waals surface area contributed by atoms with Crippen LogP contribution in [-0.2, 0) is 18.3 Å². The van der Waals surface area contributed by atoms with Crippen molar-refractivity contribution in [2.45, 2.75) is 44.9 Å². The quantitative estimate of drug-likeness (QED) is 0.813. The van der Waals surface area contributed by atoms with Crippen molar-refractivity contribution in [3.63, 3.8) is 0 Å². The minimum Gasteiger partial charge on any atom is -0.481 e. The number of nitrogens with one attached hydrogen (secondary N) is 1. The van der Waals surface area contributed by atoms with E-state index in [1.807, 2.05) is 11.6 Å². The van der Waals surface area contributed by atoms with Crippen molar-refractivity contribution in [2.75, 3.05) is 12.4 Å². The SMILES string of the molecule is CNc1nnc(CC2(C(=O)O)CCCCCC2)n1C. The Hall–Kier alpha value is -1.59. The summed E-state index contributed by atoms with van der Waals surface area (Å²) in [6.07, 6.45) is 6.19. The molecule has 1 heterocycles. The van der Waals surface area contributed by atoms with Gasteiger partial charge < -0.3 is 15.0 Å². The zero-order valence-electron chi connectivity index (χ0n) is 11.6. The third kappa shape index (κ3) is 2.72. The maximum Gasteiger partial charge on any atom is 0.310 e. The number of hydrogen-bond acceptors (Lipinski definition) is 4. The van der Waals surface area contributed by atoms with Gasteiger partial charge in [-0.1, -0.05) is 25.7 Å². The normalized spacial score (nSPS) is 18.8. The molecule has 0 spiro atoms. The molecular formula is C13H22N4O2. The van der Waals surface area contributed by atoms with E-state index in [9.17, 15) is 9.90 Å². The highest BCUT2D eigenvalue weighted by atomic mass is 16.4. The Morgan fingerprint density at radius 1 is 1.32 bits per heavy atom. The average Bonchev–Trinajstić information content (AvgIpc) is 2.61. The molecule has 0 radical (unpaired) electrons. The topological polar surface area (TPSA) is 80.0 Å². The van der Waals surface area contributed by atoms with Crippen molar-refractivity contribution in [3.8, 4) is 0 Å². The molecule has 2 N–H and O–H groups in total. The van der Waals surface area contributed by atoms with Crippen LogP contribution in [-0.4, -0.2) is 32.9 Å². The Morgan fingerprint density at radius 2 is 1.95 bits per heavy atom. The second-order valence-electron chi connectivity index (χ2n) is 5.43. The summed E-state index contributed by atoms with van der Waals surface area (Å²) >= 11 is 0. The first-order chi connectivity index (χ1) is 9.09. The molecule has 6 nitrogen and oxygen atoms in total. The first-order valence-electron chi connectivity index (χ1n) is 6.88. The van der Waals surface area contributed by atoms with Crippen molar-refractivity contribution >= 4 is 11.9 Å². The minimum atomic E-state index is -0.691. The molecule has 1 aliphatic carbocycles. The van der Waals surface area contributed by atoms with Gasteiger partial charge in [0, 0.05) is 20.5 Å². The van der Waals surface area contributed by atoms with E-state index in [1.165, 1.54) is 0 Å². The highest BCUT2D eigenvalue weighted by molar-refractivity contribution is 5.75. The summed E-state index contributed by atoms with van der Waals surface area (Å²) in [6, 6.07) is 0. The van der Waals surface area contributed by atoms with Crippen molar-refractivity contribution in [1.82, 2.24) is 14.8 Å². The van der Waals surface area contributed by atoms with Gasteiger partial charge in [-0.2, -0.15) is 0 Å². The van der Waals surface area contributed by atoms with Crippen LogP contribution in [0.3, 0.4) is 0 Å². The second-order valence-corrected chi connectivity index (χ2v) is 5.43. The molecule has 0 amide bonds. The van der Waals surface area contributed by atoms with E-state index in [2.05, 4.69) is 15.5 Å². The molecule has 2 rings (SSSR count). The van der Waals surface area contributed by atoms with Crippen molar-refractivity contribution < 1.29 is 9.90 Å². The second kappa shape index (κ2) is 5.59. The molecule has 106 valence electrons. The van der Waals surface area contributed by atoms with E-state index < -0.39 is 11.4 Å². The fourth-order valence-electron chi connectivity index (χ4n) is 2.91. The lowest BCUT2D eigenvalue weighted by Gasteiger charge is -2.27.